The Labute approximate surface area is 160 Å². The molecule has 0 radical (unpaired) electrons. The quantitative estimate of drug-likeness (QED) is 0.567. The first-order valence-electron chi connectivity index (χ1n) is 8.16. The molecule has 0 saturated heterocycles. The highest BCUT2D eigenvalue weighted by Gasteiger charge is 2.11. The van der Waals surface area contributed by atoms with Crippen LogP contribution >= 0.6 is 11.3 Å². The molecule has 7 heteroatoms. The third kappa shape index (κ3) is 4.83. The largest absolute Gasteiger partial charge is 0.493 e. The number of esters is 1. The lowest BCUT2D eigenvalue weighted by Gasteiger charge is -2.08. The summed E-state index contributed by atoms with van der Waals surface area (Å²) in [5.74, 6) is 0.546. The molecule has 5 nitrogen and oxygen atoms in total. The Balaban J connectivity index is 1.61. The van der Waals surface area contributed by atoms with E-state index >= 15 is 0 Å². The van der Waals surface area contributed by atoms with Crippen molar-refractivity contribution in [3.63, 3.8) is 0 Å². The van der Waals surface area contributed by atoms with Gasteiger partial charge in [-0.1, -0.05) is 12.1 Å². The fourth-order valence-electron chi connectivity index (χ4n) is 2.45. The van der Waals surface area contributed by atoms with Crippen LogP contribution in [0.25, 0.3) is 10.6 Å². The summed E-state index contributed by atoms with van der Waals surface area (Å²) in [6.07, 6.45) is 0.0902. The van der Waals surface area contributed by atoms with Crippen LogP contribution in [-0.4, -0.2) is 25.2 Å². The van der Waals surface area contributed by atoms with Crippen molar-refractivity contribution in [2.24, 2.45) is 0 Å². The van der Waals surface area contributed by atoms with Gasteiger partial charge in [-0.2, -0.15) is 0 Å². The summed E-state index contributed by atoms with van der Waals surface area (Å²) in [7, 11) is 3.16. The van der Waals surface area contributed by atoms with Crippen LogP contribution in [0.3, 0.4) is 0 Å². The molecule has 27 heavy (non-hydrogen) atoms. The predicted molar refractivity (Wildman–Crippen MR) is 101 cm³/mol. The van der Waals surface area contributed by atoms with E-state index < -0.39 is 0 Å². The second-order valence-corrected chi connectivity index (χ2v) is 6.54. The van der Waals surface area contributed by atoms with Crippen LogP contribution in [0.4, 0.5) is 4.39 Å². The van der Waals surface area contributed by atoms with Gasteiger partial charge in [0.15, 0.2) is 11.5 Å². The molecule has 0 bridgehead atoms. The van der Waals surface area contributed by atoms with Gasteiger partial charge in [0, 0.05) is 10.9 Å². The summed E-state index contributed by atoms with van der Waals surface area (Å²) in [5.41, 5.74) is 2.25. The average molecular weight is 387 g/mol. The maximum Gasteiger partial charge on any atom is 0.310 e. The summed E-state index contributed by atoms with van der Waals surface area (Å²) < 4.78 is 28.7. The number of hydrogen-bond acceptors (Lipinski definition) is 6. The van der Waals surface area contributed by atoms with Gasteiger partial charge in [-0.15, -0.1) is 11.3 Å². The minimum absolute atomic E-state index is 0.0871. The molecule has 140 valence electrons. The second-order valence-electron chi connectivity index (χ2n) is 5.68. The minimum atomic E-state index is -0.387. The molecule has 2 aromatic carbocycles. The molecule has 0 fully saturated rings. The maximum absolute atomic E-state index is 12.9. The number of ether oxygens (including phenoxy) is 3. The summed E-state index contributed by atoms with van der Waals surface area (Å²) in [6, 6.07) is 11.3. The SMILES string of the molecule is COc1ccc(-c2nc(COC(=O)Cc3ccc(F)cc3)cs2)cc1OC. The Morgan fingerprint density at radius 3 is 2.52 bits per heavy atom. The van der Waals surface area contributed by atoms with Gasteiger partial charge in [0.1, 0.15) is 17.4 Å². The smallest absolute Gasteiger partial charge is 0.310 e. The van der Waals surface area contributed by atoms with E-state index in [0.717, 1.165) is 10.6 Å². The highest BCUT2D eigenvalue weighted by Crippen LogP contribution is 2.33. The lowest BCUT2D eigenvalue weighted by Crippen LogP contribution is -2.08. The van der Waals surface area contributed by atoms with E-state index in [2.05, 4.69) is 4.98 Å². The van der Waals surface area contributed by atoms with Gasteiger partial charge in [0.2, 0.25) is 0 Å². The number of carbonyl (C=O) groups is 1. The molecule has 0 saturated carbocycles. The van der Waals surface area contributed by atoms with Gasteiger partial charge in [-0.3, -0.25) is 4.79 Å². The number of carbonyl (C=O) groups excluding carboxylic acids is 1. The Kier molecular flexibility index (Phi) is 6.03. The molecule has 0 aliphatic carbocycles. The van der Waals surface area contributed by atoms with Crippen molar-refractivity contribution in [3.05, 3.63) is 64.9 Å². The van der Waals surface area contributed by atoms with Crippen molar-refractivity contribution < 1.29 is 23.4 Å². The first-order valence-corrected chi connectivity index (χ1v) is 9.04. The van der Waals surface area contributed by atoms with Crippen molar-refractivity contribution in [1.82, 2.24) is 4.98 Å². The van der Waals surface area contributed by atoms with Crippen molar-refractivity contribution in [3.8, 4) is 22.1 Å². The van der Waals surface area contributed by atoms with Crippen LogP contribution in [-0.2, 0) is 22.6 Å². The fraction of sp³-hybridized carbons (Fsp3) is 0.200. The predicted octanol–water partition coefficient (Wildman–Crippen LogP) is 4.25. The Morgan fingerprint density at radius 1 is 1.07 bits per heavy atom. The molecule has 0 amide bonds. The molecule has 0 unspecified atom stereocenters. The minimum Gasteiger partial charge on any atom is -0.493 e. The number of halogens is 1. The van der Waals surface area contributed by atoms with Gasteiger partial charge >= 0.3 is 5.97 Å². The standard InChI is InChI=1S/C20H18FNO4S/c1-24-17-8-5-14(10-18(17)25-2)20-22-16(12-27-20)11-26-19(23)9-13-3-6-15(21)7-4-13/h3-8,10,12H,9,11H2,1-2H3. The van der Waals surface area contributed by atoms with Gasteiger partial charge in [-0.05, 0) is 35.9 Å². The average Bonchev–Trinajstić information content (AvgIpc) is 3.16. The van der Waals surface area contributed by atoms with E-state index in [9.17, 15) is 9.18 Å². The summed E-state index contributed by atoms with van der Waals surface area (Å²) in [6.45, 7) is 0.0871. The third-order valence-corrected chi connectivity index (χ3v) is 4.77. The van der Waals surface area contributed by atoms with E-state index in [1.807, 2.05) is 23.6 Å². The molecule has 3 rings (SSSR count). The van der Waals surface area contributed by atoms with E-state index in [4.69, 9.17) is 14.2 Å². The van der Waals surface area contributed by atoms with Gasteiger partial charge in [0.05, 0.1) is 26.3 Å². The molecule has 3 aromatic rings. The fourth-order valence-corrected chi connectivity index (χ4v) is 3.25. The zero-order valence-electron chi connectivity index (χ0n) is 14.9. The third-order valence-electron chi connectivity index (χ3n) is 3.82. The van der Waals surface area contributed by atoms with Crippen LogP contribution in [0.5, 0.6) is 11.5 Å². The molecular weight excluding hydrogens is 369 g/mol. The van der Waals surface area contributed by atoms with Crippen LogP contribution in [0.15, 0.2) is 47.8 Å². The number of hydrogen-bond donors (Lipinski definition) is 0. The highest BCUT2D eigenvalue weighted by molar-refractivity contribution is 7.13. The van der Waals surface area contributed by atoms with Crippen molar-refractivity contribution in [1.29, 1.82) is 0 Å². The normalized spacial score (nSPS) is 10.5. The van der Waals surface area contributed by atoms with Gasteiger partial charge in [-0.25, -0.2) is 9.37 Å². The van der Waals surface area contributed by atoms with Crippen molar-refractivity contribution in [2.45, 2.75) is 13.0 Å². The number of aromatic nitrogens is 1. The Bertz CT molecular complexity index is 924. The molecule has 1 aromatic heterocycles. The molecule has 1 heterocycles. The van der Waals surface area contributed by atoms with Crippen LogP contribution in [0.2, 0.25) is 0 Å². The second kappa shape index (κ2) is 8.64. The van der Waals surface area contributed by atoms with Gasteiger partial charge in [0.25, 0.3) is 0 Å². The van der Waals surface area contributed by atoms with Crippen LogP contribution in [0.1, 0.15) is 11.3 Å². The van der Waals surface area contributed by atoms with E-state index in [-0.39, 0.29) is 24.8 Å². The highest BCUT2D eigenvalue weighted by atomic mass is 32.1. The zero-order chi connectivity index (χ0) is 19.2. The van der Waals surface area contributed by atoms with Crippen LogP contribution < -0.4 is 9.47 Å². The van der Waals surface area contributed by atoms with E-state index in [1.54, 1.807) is 26.4 Å². The molecule has 0 aliphatic heterocycles. The molecule has 0 atom stereocenters. The Hall–Kier alpha value is -2.93. The zero-order valence-corrected chi connectivity index (χ0v) is 15.7. The molecule has 0 N–H and O–H groups in total. The maximum atomic E-state index is 12.9. The lowest BCUT2D eigenvalue weighted by molar-refractivity contribution is -0.144. The molecule has 0 aliphatic rings. The van der Waals surface area contributed by atoms with Crippen molar-refractivity contribution >= 4 is 17.3 Å². The monoisotopic (exact) mass is 387 g/mol. The van der Waals surface area contributed by atoms with Crippen molar-refractivity contribution in [2.75, 3.05) is 14.2 Å². The summed E-state index contributed by atoms with van der Waals surface area (Å²) in [5, 5.41) is 2.64. The van der Waals surface area contributed by atoms with E-state index in [0.29, 0.717) is 22.8 Å². The number of thiazole rings is 1. The first-order chi connectivity index (χ1) is 13.1. The number of nitrogens with zero attached hydrogens (tertiary/aromatic N) is 1. The summed E-state index contributed by atoms with van der Waals surface area (Å²) in [4.78, 5) is 16.4. The lowest BCUT2D eigenvalue weighted by atomic mass is 10.1. The first kappa shape index (κ1) is 18.8. The summed E-state index contributed by atoms with van der Waals surface area (Å²) >= 11 is 1.45. The molecule has 0 spiro atoms. The number of rotatable bonds is 7. The van der Waals surface area contributed by atoms with Crippen LogP contribution in [0, 0.1) is 5.82 Å². The Morgan fingerprint density at radius 2 is 1.81 bits per heavy atom. The topological polar surface area (TPSA) is 57.7 Å². The molecular formula is C20H18FNO4S. The van der Waals surface area contributed by atoms with E-state index in [1.165, 1.54) is 23.5 Å². The van der Waals surface area contributed by atoms with Gasteiger partial charge < -0.3 is 14.2 Å². The number of benzene rings is 2. The number of methoxy groups -OCH3 is 2.